The van der Waals surface area contributed by atoms with E-state index in [1.54, 1.807) is 12.4 Å². The van der Waals surface area contributed by atoms with E-state index in [1.807, 2.05) is 36.6 Å². The van der Waals surface area contributed by atoms with Crippen molar-refractivity contribution in [1.82, 2.24) is 19.7 Å². The molecule has 1 unspecified atom stereocenters. The largest absolute Gasteiger partial charge is 0.327 e. The van der Waals surface area contributed by atoms with Gasteiger partial charge in [-0.25, -0.2) is 14.1 Å². The van der Waals surface area contributed by atoms with Crippen molar-refractivity contribution < 1.29 is 4.39 Å². The number of nitrogens with zero attached hydrogens (tertiary/aromatic N) is 6. The molecule has 174 valence electrons. The SMILES string of the molecule is Cc1ccc([C@@H]2N=C(c3nccs3)N3C[C@](C)(CC#N)CC3=C2c2ccn(C(C)F)n2)c(Cl)c1. The lowest BCUT2D eigenvalue weighted by molar-refractivity contribution is 0.245. The molecule has 1 saturated heterocycles. The number of fused-ring (bicyclic) bond motifs is 1. The van der Waals surface area contributed by atoms with Crippen LogP contribution in [0.5, 0.6) is 0 Å². The topological polar surface area (TPSA) is 70.1 Å². The highest BCUT2D eigenvalue weighted by Crippen LogP contribution is 2.50. The van der Waals surface area contributed by atoms with Gasteiger partial charge in [-0.3, -0.25) is 4.99 Å². The average molecular weight is 495 g/mol. The Balaban J connectivity index is 1.76. The summed E-state index contributed by atoms with van der Waals surface area (Å²) in [6.45, 7) is 6.21. The number of thiazole rings is 1. The van der Waals surface area contributed by atoms with E-state index in [0.717, 1.165) is 33.2 Å². The first-order chi connectivity index (χ1) is 16.3. The van der Waals surface area contributed by atoms with Crippen molar-refractivity contribution in [3.05, 3.63) is 74.6 Å². The number of rotatable bonds is 5. The van der Waals surface area contributed by atoms with E-state index < -0.39 is 12.3 Å². The van der Waals surface area contributed by atoms with Gasteiger partial charge in [0.1, 0.15) is 6.04 Å². The lowest BCUT2D eigenvalue weighted by atomic mass is 9.84. The van der Waals surface area contributed by atoms with Gasteiger partial charge in [0.25, 0.3) is 0 Å². The summed E-state index contributed by atoms with van der Waals surface area (Å²) in [5.74, 6) is 0.773. The van der Waals surface area contributed by atoms with Gasteiger partial charge in [0.2, 0.25) is 0 Å². The minimum Gasteiger partial charge on any atom is -0.327 e. The van der Waals surface area contributed by atoms with Crippen LogP contribution in [0.3, 0.4) is 0 Å². The van der Waals surface area contributed by atoms with Gasteiger partial charge in [-0.15, -0.1) is 11.3 Å². The molecule has 0 bridgehead atoms. The molecule has 9 heteroatoms. The van der Waals surface area contributed by atoms with Crippen LogP contribution in [0, 0.1) is 23.7 Å². The Morgan fingerprint density at radius 1 is 1.38 bits per heavy atom. The maximum Gasteiger partial charge on any atom is 0.188 e. The van der Waals surface area contributed by atoms with Crippen LogP contribution in [-0.2, 0) is 0 Å². The highest BCUT2D eigenvalue weighted by Gasteiger charge is 2.45. The second-order valence-electron chi connectivity index (χ2n) is 9.24. The van der Waals surface area contributed by atoms with Crippen LogP contribution in [0.25, 0.3) is 5.57 Å². The van der Waals surface area contributed by atoms with E-state index in [0.29, 0.717) is 30.1 Å². The molecule has 1 fully saturated rings. The Bertz CT molecular complexity index is 1340. The molecule has 2 aliphatic rings. The molecule has 2 aromatic heterocycles. The number of aliphatic imine (C=N–C) groups is 1. The van der Waals surface area contributed by atoms with Crippen LogP contribution in [0.15, 0.2) is 52.7 Å². The van der Waals surface area contributed by atoms with Crippen LogP contribution in [0.4, 0.5) is 4.39 Å². The fraction of sp³-hybridized carbons (Fsp3) is 0.360. The average Bonchev–Trinajstić information content (AvgIpc) is 3.53. The van der Waals surface area contributed by atoms with Gasteiger partial charge in [-0.1, -0.05) is 30.7 Å². The molecule has 3 aromatic rings. The van der Waals surface area contributed by atoms with Gasteiger partial charge < -0.3 is 4.90 Å². The standard InChI is InChI=1S/C25H24ClFN6S/c1-15-4-5-17(18(26)12-15)22-21(19-6-10-33(31-19)16(2)27)20-13-25(3,7-8-28)14-32(20)23(30-22)24-29-9-11-34-24/h4-6,9-12,16,22H,7,13-14H2,1-3H3/t16?,22-,25+/m0/s1. The van der Waals surface area contributed by atoms with Crippen LogP contribution in [0.2, 0.25) is 5.02 Å². The fourth-order valence-electron chi connectivity index (χ4n) is 4.75. The van der Waals surface area contributed by atoms with E-state index in [9.17, 15) is 9.65 Å². The van der Waals surface area contributed by atoms with Crippen molar-refractivity contribution in [2.45, 2.75) is 46.0 Å². The smallest absolute Gasteiger partial charge is 0.188 e. The number of aryl methyl sites for hydroxylation is 1. The van der Waals surface area contributed by atoms with E-state index in [1.165, 1.54) is 22.9 Å². The Labute approximate surface area is 207 Å². The van der Waals surface area contributed by atoms with Crippen molar-refractivity contribution in [2.24, 2.45) is 10.4 Å². The molecule has 34 heavy (non-hydrogen) atoms. The molecule has 0 radical (unpaired) electrons. The summed E-state index contributed by atoms with van der Waals surface area (Å²) in [6.07, 6.45) is 3.26. The molecule has 5 rings (SSSR count). The number of aromatic nitrogens is 3. The second kappa shape index (κ2) is 8.64. The minimum absolute atomic E-state index is 0.255. The quantitative estimate of drug-likeness (QED) is 0.415. The zero-order chi connectivity index (χ0) is 24.0. The fourth-order valence-corrected chi connectivity index (χ4v) is 5.73. The van der Waals surface area contributed by atoms with Crippen molar-refractivity contribution in [3.8, 4) is 6.07 Å². The van der Waals surface area contributed by atoms with Crippen LogP contribution >= 0.6 is 22.9 Å². The molecule has 0 aliphatic carbocycles. The zero-order valence-electron chi connectivity index (χ0n) is 19.2. The summed E-state index contributed by atoms with van der Waals surface area (Å²) in [5, 5.41) is 17.4. The Morgan fingerprint density at radius 3 is 2.85 bits per heavy atom. The summed E-state index contributed by atoms with van der Waals surface area (Å²) >= 11 is 8.27. The normalized spacial score (nSPS) is 23.0. The van der Waals surface area contributed by atoms with Crippen molar-refractivity contribution in [3.63, 3.8) is 0 Å². The van der Waals surface area contributed by atoms with Gasteiger partial charge in [-0.2, -0.15) is 10.4 Å². The number of alkyl halides is 1. The van der Waals surface area contributed by atoms with Crippen molar-refractivity contribution >= 4 is 34.3 Å². The molecule has 0 saturated carbocycles. The molecule has 0 N–H and O–H groups in total. The molecule has 3 atom stereocenters. The first-order valence-corrected chi connectivity index (χ1v) is 12.4. The molecular formula is C25H24ClFN6S. The first-order valence-electron chi connectivity index (χ1n) is 11.1. The number of nitriles is 1. The molecule has 6 nitrogen and oxygen atoms in total. The minimum atomic E-state index is -1.25. The van der Waals surface area contributed by atoms with Gasteiger partial charge in [-0.05, 0) is 43.5 Å². The third-order valence-electron chi connectivity index (χ3n) is 6.38. The van der Waals surface area contributed by atoms with Crippen LogP contribution in [-0.4, -0.2) is 32.0 Å². The number of amidine groups is 1. The third kappa shape index (κ3) is 3.93. The van der Waals surface area contributed by atoms with Gasteiger partial charge in [0.05, 0.1) is 11.8 Å². The maximum atomic E-state index is 14.1. The lowest BCUT2D eigenvalue weighted by Gasteiger charge is -2.32. The molecule has 0 spiro atoms. The third-order valence-corrected chi connectivity index (χ3v) is 7.48. The van der Waals surface area contributed by atoms with E-state index >= 15 is 0 Å². The zero-order valence-corrected chi connectivity index (χ0v) is 20.7. The predicted octanol–water partition coefficient (Wildman–Crippen LogP) is 6.33. The summed E-state index contributed by atoms with van der Waals surface area (Å²) in [5.41, 5.74) is 4.26. The molecule has 0 amide bonds. The highest BCUT2D eigenvalue weighted by molar-refractivity contribution is 7.11. The highest BCUT2D eigenvalue weighted by atomic mass is 35.5. The monoisotopic (exact) mass is 494 g/mol. The second-order valence-corrected chi connectivity index (χ2v) is 10.5. The summed E-state index contributed by atoms with van der Waals surface area (Å²) in [4.78, 5) is 11.9. The van der Waals surface area contributed by atoms with Crippen molar-refractivity contribution in [1.29, 1.82) is 5.26 Å². The number of allylic oxidation sites excluding steroid dienone is 1. The summed E-state index contributed by atoms with van der Waals surface area (Å²) in [6, 6.07) is 9.70. The van der Waals surface area contributed by atoms with E-state index in [4.69, 9.17) is 16.6 Å². The van der Waals surface area contributed by atoms with Gasteiger partial charge in [0, 0.05) is 52.4 Å². The van der Waals surface area contributed by atoms with Crippen LogP contribution in [0.1, 0.15) is 60.9 Å². The number of benzene rings is 1. The summed E-state index contributed by atoms with van der Waals surface area (Å²) < 4.78 is 15.4. The Morgan fingerprint density at radius 2 is 2.21 bits per heavy atom. The predicted molar refractivity (Wildman–Crippen MR) is 132 cm³/mol. The van der Waals surface area contributed by atoms with E-state index in [2.05, 4.69) is 28.0 Å². The van der Waals surface area contributed by atoms with Gasteiger partial charge in [0.15, 0.2) is 17.1 Å². The van der Waals surface area contributed by atoms with Crippen LogP contribution < -0.4 is 0 Å². The number of hydrogen-bond acceptors (Lipinski definition) is 6. The first kappa shape index (κ1) is 22.8. The van der Waals surface area contributed by atoms with Gasteiger partial charge >= 0.3 is 0 Å². The Kier molecular flexibility index (Phi) is 5.78. The molecular weight excluding hydrogens is 471 g/mol. The number of halogens is 2. The van der Waals surface area contributed by atoms with E-state index in [-0.39, 0.29) is 5.41 Å². The maximum absolute atomic E-state index is 14.1. The molecule has 2 aliphatic heterocycles. The Hall–Kier alpha value is -3.02. The molecule has 4 heterocycles. The number of hydrogen-bond donors (Lipinski definition) is 0. The van der Waals surface area contributed by atoms with Crippen molar-refractivity contribution in [2.75, 3.05) is 6.54 Å². The lowest BCUT2D eigenvalue weighted by Crippen LogP contribution is -2.34. The summed E-state index contributed by atoms with van der Waals surface area (Å²) in [7, 11) is 0. The molecule has 1 aromatic carbocycles.